The van der Waals surface area contributed by atoms with Crippen LogP contribution < -0.4 is 0 Å². The summed E-state index contributed by atoms with van der Waals surface area (Å²) in [5, 5.41) is 1.97. The van der Waals surface area contributed by atoms with Crippen LogP contribution in [0.4, 0.5) is 4.39 Å². The van der Waals surface area contributed by atoms with Gasteiger partial charge in [-0.3, -0.25) is 4.79 Å². The highest BCUT2D eigenvalue weighted by atomic mass is 32.2. The number of carbonyl (C=O) groups is 1. The highest BCUT2D eigenvalue weighted by molar-refractivity contribution is 7.89. The third-order valence-electron chi connectivity index (χ3n) is 6.34. The molecule has 6 nitrogen and oxygen atoms in total. The molecule has 1 atom stereocenters. The molecule has 3 aromatic rings. The summed E-state index contributed by atoms with van der Waals surface area (Å²) in [5.74, 6) is -0.668. The van der Waals surface area contributed by atoms with E-state index in [1.54, 1.807) is 52.6 Å². The maximum Gasteiger partial charge on any atom is 0.243 e. The van der Waals surface area contributed by atoms with E-state index >= 15 is 0 Å². The Morgan fingerprint density at radius 3 is 2.39 bits per heavy atom. The van der Waals surface area contributed by atoms with Crippen LogP contribution in [0.3, 0.4) is 0 Å². The van der Waals surface area contributed by atoms with E-state index in [-0.39, 0.29) is 42.4 Å². The van der Waals surface area contributed by atoms with Crippen molar-refractivity contribution < 1.29 is 22.3 Å². The quantitative estimate of drug-likeness (QED) is 0.374. The summed E-state index contributed by atoms with van der Waals surface area (Å²) in [7, 11) is -3.92. The van der Waals surface area contributed by atoms with Gasteiger partial charge >= 0.3 is 0 Å². The summed E-state index contributed by atoms with van der Waals surface area (Å²) < 4.78 is 47.7. The molecule has 0 aliphatic carbocycles. The summed E-state index contributed by atoms with van der Waals surface area (Å²) in [6.45, 7) is 4.87. The smallest absolute Gasteiger partial charge is 0.243 e. The molecule has 1 unspecified atom stereocenters. The monoisotopic (exact) mass is 530 g/mol. The Morgan fingerprint density at radius 2 is 1.78 bits per heavy atom. The molecule has 1 fully saturated rings. The van der Waals surface area contributed by atoms with Crippen LogP contribution in [0.1, 0.15) is 34.4 Å². The molecule has 1 aromatic heterocycles. The Balaban J connectivity index is 1.61. The second-order valence-electron chi connectivity index (χ2n) is 9.15. The van der Waals surface area contributed by atoms with Crippen molar-refractivity contribution in [3.05, 3.63) is 87.4 Å². The number of ether oxygens (including phenoxy) is 1. The molecule has 1 amide bonds. The zero-order valence-electron chi connectivity index (χ0n) is 20.5. The Bertz CT molecular complexity index is 1270. The average molecular weight is 531 g/mol. The number of hydrogen-bond donors (Lipinski definition) is 0. The van der Waals surface area contributed by atoms with E-state index in [2.05, 4.69) is 0 Å². The Kier molecular flexibility index (Phi) is 8.56. The van der Waals surface area contributed by atoms with Gasteiger partial charge in [0.1, 0.15) is 5.82 Å². The first-order chi connectivity index (χ1) is 17.2. The van der Waals surface area contributed by atoms with Gasteiger partial charge < -0.3 is 9.64 Å². The van der Waals surface area contributed by atoms with E-state index in [9.17, 15) is 17.6 Å². The fourth-order valence-electron chi connectivity index (χ4n) is 4.16. The van der Waals surface area contributed by atoms with Crippen molar-refractivity contribution in [2.24, 2.45) is 0 Å². The summed E-state index contributed by atoms with van der Waals surface area (Å²) in [5.41, 5.74) is 2.79. The van der Waals surface area contributed by atoms with Crippen molar-refractivity contribution >= 4 is 27.3 Å². The zero-order chi connectivity index (χ0) is 25.7. The molecule has 192 valence electrons. The molecule has 9 heteroatoms. The molecular weight excluding hydrogens is 499 g/mol. The van der Waals surface area contributed by atoms with Gasteiger partial charge in [0.2, 0.25) is 15.9 Å². The molecular formula is C27H31FN2O4S2. The molecule has 1 saturated heterocycles. The predicted octanol–water partition coefficient (Wildman–Crippen LogP) is 4.90. The van der Waals surface area contributed by atoms with Crippen molar-refractivity contribution in [3.63, 3.8) is 0 Å². The number of sulfonamides is 1. The van der Waals surface area contributed by atoms with Crippen molar-refractivity contribution in [2.75, 3.05) is 19.7 Å². The minimum atomic E-state index is -3.92. The number of rotatable bonds is 10. The minimum absolute atomic E-state index is 0.115. The van der Waals surface area contributed by atoms with E-state index in [1.807, 2.05) is 25.3 Å². The lowest BCUT2D eigenvalue weighted by atomic mass is 10.2. The molecule has 1 aliphatic rings. The molecule has 36 heavy (non-hydrogen) atoms. The highest BCUT2D eigenvalue weighted by Gasteiger charge is 2.32. The molecule has 0 radical (unpaired) electrons. The van der Waals surface area contributed by atoms with Gasteiger partial charge in [-0.25, -0.2) is 12.8 Å². The van der Waals surface area contributed by atoms with E-state index < -0.39 is 10.0 Å². The Morgan fingerprint density at radius 1 is 1.06 bits per heavy atom. The van der Waals surface area contributed by atoms with E-state index in [0.717, 1.165) is 34.4 Å². The summed E-state index contributed by atoms with van der Waals surface area (Å²) in [6, 6.07) is 14.6. The highest BCUT2D eigenvalue weighted by Crippen LogP contribution is 2.23. The summed E-state index contributed by atoms with van der Waals surface area (Å²) in [4.78, 5) is 16.5. The van der Waals surface area contributed by atoms with Crippen molar-refractivity contribution in [1.82, 2.24) is 9.21 Å². The second kappa shape index (κ2) is 11.6. The van der Waals surface area contributed by atoms with E-state index in [0.29, 0.717) is 13.2 Å². The fraction of sp³-hybridized carbons (Fsp3) is 0.370. The minimum Gasteiger partial charge on any atom is -0.377 e. The molecule has 1 aliphatic heterocycles. The van der Waals surface area contributed by atoms with E-state index in [4.69, 9.17) is 4.74 Å². The van der Waals surface area contributed by atoms with Gasteiger partial charge in [-0.2, -0.15) is 4.31 Å². The number of aryl methyl sites for hydroxylation is 2. The largest absolute Gasteiger partial charge is 0.377 e. The zero-order valence-corrected chi connectivity index (χ0v) is 22.2. The van der Waals surface area contributed by atoms with Crippen LogP contribution in [0, 0.1) is 19.7 Å². The number of carbonyl (C=O) groups excluding carboxylic acids is 1. The van der Waals surface area contributed by atoms with Crippen molar-refractivity contribution in [3.8, 4) is 0 Å². The van der Waals surface area contributed by atoms with Gasteiger partial charge in [-0.05, 0) is 73.5 Å². The van der Waals surface area contributed by atoms with Crippen LogP contribution in [-0.4, -0.2) is 49.3 Å². The first kappa shape index (κ1) is 26.5. The second-order valence-corrected chi connectivity index (χ2v) is 12.1. The molecule has 2 heterocycles. The number of hydrogen-bond acceptors (Lipinski definition) is 5. The Hall–Kier alpha value is -2.59. The third kappa shape index (κ3) is 6.59. The van der Waals surface area contributed by atoms with Gasteiger partial charge in [0.15, 0.2) is 0 Å². The molecule has 0 saturated carbocycles. The van der Waals surface area contributed by atoms with Crippen LogP contribution in [0.5, 0.6) is 0 Å². The predicted molar refractivity (Wildman–Crippen MR) is 139 cm³/mol. The topological polar surface area (TPSA) is 66.9 Å². The first-order valence-corrected chi connectivity index (χ1v) is 14.3. The van der Waals surface area contributed by atoms with Gasteiger partial charge in [0, 0.05) is 24.6 Å². The lowest BCUT2D eigenvalue weighted by Crippen LogP contribution is -2.45. The Labute approximate surface area is 216 Å². The number of nitrogens with zero attached hydrogens (tertiary/aromatic N) is 2. The maximum atomic E-state index is 13.7. The molecule has 0 N–H and O–H groups in total. The average Bonchev–Trinajstić information content (AvgIpc) is 3.51. The molecule has 0 spiro atoms. The number of benzene rings is 2. The van der Waals surface area contributed by atoms with Crippen LogP contribution >= 0.6 is 11.3 Å². The van der Waals surface area contributed by atoms with Crippen LogP contribution in [0.2, 0.25) is 0 Å². The molecule has 0 bridgehead atoms. The van der Waals surface area contributed by atoms with Gasteiger partial charge in [0.25, 0.3) is 0 Å². The standard InChI is InChI=1S/C27H31FN2O4S2/c1-20-5-11-25(12-6-20)36(32,33)30(17-24-4-3-14-34-24)19-27(31)29(18-26-21(2)13-15-35-26)16-22-7-9-23(28)10-8-22/h5-13,15,24H,3-4,14,16-19H2,1-2H3. The van der Waals surface area contributed by atoms with Crippen LogP contribution in [-0.2, 0) is 32.6 Å². The molecule has 4 rings (SSSR count). The first-order valence-electron chi connectivity index (χ1n) is 12.0. The van der Waals surface area contributed by atoms with Crippen molar-refractivity contribution in [2.45, 2.75) is 50.8 Å². The number of halogens is 1. The number of thiophene rings is 1. The van der Waals surface area contributed by atoms with Gasteiger partial charge in [0.05, 0.1) is 24.1 Å². The van der Waals surface area contributed by atoms with Crippen molar-refractivity contribution in [1.29, 1.82) is 0 Å². The van der Waals surface area contributed by atoms with E-state index in [1.165, 1.54) is 16.4 Å². The fourth-order valence-corrected chi connectivity index (χ4v) is 6.50. The summed E-state index contributed by atoms with van der Waals surface area (Å²) >= 11 is 1.55. The lowest BCUT2D eigenvalue weighted by Gasteiger charge is -2.28. The summed E-state index contributed by atoms with van der Waals surface area (Å²) in [6.07, 6.45) is 1.37. The van der Waals surface area contributed by atoms with Crippen LogP contribution in [0.25, 0.3) is 0 Å². The normalized spacial score (nSPS) is 15.9. The third-order valence-corrected chi connectivity index (χ3v) is 9.18. The van der Waals surface area contributed by atoms with Gasteiger partial charge in [-0.15, -0.1) is 11.3 Å². The van der Waals surface area contributed by atoms with Crippen LogP contribution in [0.15, 0.2) is 64.9 Å². The SMILES string of the molecule is Cc1ccc(S(=O)(=O)N(CC(=O)N(Cc2ccc(F)cc2)Cc2sccc2C)CC2CCCO2)cc1. The lowest BCUT2D eigenvalue weighted by molar-refractivity contribution is -0.132. The molecule has 2 aromatic carbocycles. The van der Waals surface area contributed by atoms with Gasteiger partial charge in [-0.1, -0.05) is 29.8 Å². The number of amides is 1. The maximum absolute atomic E-state index is 13.7.